The number of nitriles is 2. The van der Waals surface area contributed by atoms with E-state index in [4.69, 9.17) is 0 Å². The van der Waals surface area contributed by atoms with Crippen molar-refractivity contribution < 1.29 is 0 Å². The van der Waals surface area contributed by atoms with Gasteiger partial charge in [0.15, 0.2) is 8.07 Å². The molecule has 0 saturated heterocycles. The third-order valence-corrected chi connectivity index (χ3v) is 15.2. The molecule has 9 rings (SSSR count). The fourth-order valence-corrected chi connectivity index (χ4v) is 12.9. The van der Waals surface area contributed by atoms with E-state index < -0.39 is 8.07 Å². The number of nitrogens with zero attached hydrogens (tertiary/aromatic N) is 3. The lowest BCUT2D eigenvalue weighted by molar-refractivity contribution is 1.29. The van der Waals surface area contributed by atoms with E-state index in [-0.39, 0.29) is 0 Å². The summed E-state index contributed by atoms with van der Waals surface area (Å²) in [4.78, 5) is 2.23. The van der Waals surface area contributed by atoms with Crippen LogP contribution < -0.4 is 25.6 Å². The van der Waals surface area contributed by atoms with Crippen LogP contribution in [0.15, 0.2) is 188 Å². The van der Waals surface area contributed by atoms with E-state index in [1.807, 2.05) is 12.1 Å². The van der Waals surface area contributed by atoms with Gasteiger partial charge in [-0.3, -0.25) is 0 Å². The van der Waals surface area contributed by atoms with E-state index in [0.29, 0.717) is 11.1 Å². The van der Waals surface area contributed by atoms with Crippen LogP contribution in [0.4, 0.5) is 17.1 Å². The molecule has 4 heteroatoms. The van der Waals surface area contributed by atoms with Gasteiger partial charge in [-0.15, -0.1) is 0 Å². The van der Waals surface area contributed by atoms with Gasteiger partial charge in [0.05, 0.1) is 16.8 Å². The Morgan fingerprint density at radius 1 is 0.385 bits per heavy atom. The van der Waals surface area contributed by atoms with Gasteiger partial charge < -0.3 is 4.90 Å². The first-order chi connectivity index (χ1) is 25.7. The van der Waals surface area contributed by atoms with Crippen molar-refractivity contribution in [1.29, 1.82) is 10.5 Å². The Morgan fingerprint density at radius 3 is 1.42 bits per heavy atom. The minimum Gasteiger partial charge on any atom is -0.310 e. The Hall–Kier alpha value is -6.98. The summed E-state index contributed by atoms with van der Waals surface area (Å²) in [5.74, 6) is 0. The van der Waals surface area contributed by atoms with Crippen LogP contribution in [0.5, 0.6) is 0 Å². The summed E-state index contributed by atoms with van der Waals surface area (Å²) in [6.07, 6.45) is 0. The zero-order chi connectivity index (χ0) is 35.1. The van der Waals surface area contributed by atoms with Crippen molar-refractivity contribution in [3.63, 3.8) is 0 Å². The second kappa shape index (κ2) is 12.7. The highest BCUT2D eigenvalue weighted by Gasteiger charge is 2.41. The lowest BCUT2D eigenvalue weighted by atomic mass is 9.93. The molecule has 0 aromatic heterocycles. The second-order valence-corrected chi connectivity index (χ2v) is 16.9. The fraction of sp³-hybridized carbons (Fsp3) is 0. The quantitative estimate of drug-likeness (QED) is 0.0961. The molecule has 0 aliphatic carbocycles. The molecule has 0 radical (unpaired) electrons. The maximum Gasteiger partial charge on any atom is 0.179 e. The maximum absolute atomic E-state index is 10.1. The minimum absolute atomic E-state index is 0.350. The summed E-state index contributed by atoms with van der Waals surface area (Å²) in [7, 11) is -2.73. The molecule has 0 unspecified atom stereocenters. The summed E-state index contributed by atoms with van der Waals surface area (Å²) < 4.78 is 0. The standard InChI is InChI=1S/C48H31N3Si/c49-32-37-21-24-40(31-38(37)33-50)51(46-30-23-36-20-19-34-11-10-12-35-22-29-45(46)48(36)47(34)35)39-25-27-44(28-26-39)52(41-13-4-1-5-14-41,42-15-6-2-7-16-42)43-17-8-3-9-18-43/h1-31H. The molecule has 9 aromatic carbocycles. The first-order valence-electron chi connectivity index (χ1n) is 17.4. The highest BCUT2D eigenvalue weighted by molar-refractivity contribution is 7.19. The number of anilines is 3. The van der Waals surface area contributed by atoms with Crippen LogP contribution in [0.3, 0.4) is 0 Å². The topological polar surface area (TPSA) is 50.8 Å². The molecule has 0 heterocycles. The van der Waals surface area contributed by atoms with Gasteiger partial charge in [0, 0.05) is 16.8 Å². The van der Waals surface area contributed by atoms with Crippen molar-refractivity contribution in [2.75, 3.05) is 4.90 Å². The van der Waals surface area contributed by atoms with E-state index in [2.05, 4.69) is 187 Å². The Bertz CT molecular complexity index is 2690. The van der Waals surface area contributed by atoms with Crippen LogP contribution in [-0.2, 0) is 0 Å². The summed E-state index contributed by atoms with van der Waals surface area (Å²) in [6.45, 7) is 0. The van der Waals surface area contributed by atoms with Crippen LogP contribution in [0.1, 0.15) is 11.1 Å². The zero-order valence-electron chi connectivity index (χ0n) is 28.2. The molecule has 0 aliphatic rings. The van der Waals surface area contributed by atoms with Crippen LogP contribution >= 0.6 is 0 Å². The molecule has 0 fully saturated rings. The van der Waals surface area contributed by atoms with E-state index in [1.54, 1.807) is 6.07 Å². The number of benzene rings is 9. The fourth-order valence-electron chi connectivity index (χ4n) is 8.13. The average Bonchev–Trinajstić information content (AvgIpc) is 3.22. The molecule has 0 aliphatic heterocycles. The van der Waals surface area contributed by atoms with Gasteiger partial charge in [0.25, 0.3) is 0 Å². The van der Waals surface area contributed by atoms with Crippen LogP contribution in [-0.4, -0.2) is 8.07 Å². The number of rotatable bonds is 7. The molecule has 3 nitrogen and oxygen atoms in total. The van der Waals surface area contributed by atoms with Gasteiger partial charge in [-0.25, -0.2) is 0 Å². The lowest BCUT2D eigenvalue weighted by Crippen LogP contribution is -2.74. The second-order valence-electron chi connectivity index (χ2n) is 13.1. The molecule has 242 valence electrons. The first kappa shape index (κ1) is 31.0. The van der Waals surface area contributed by atoms with Gasteiger partial charge in [0.2, 0.25) is 0 Å². The van der Waals surface area contributed by atoms with Crippen molar-refractivity contribution >= 4 is 78.2 Å². The number of hydrogen-bond acceptors (Lipinski definition) is 3. The average molecular weight is 678 g/mol. The Kier molecular flexibility index (Phi) is 7.59. The molecule has 9 aromatic rings. The molecular weight excluding hydrogens is 647 g/mol. The van der Waals surface area contributed by atoms with Gasteiger partial charge in [0.1, 0.15) is 12.1 Å². The van der Waals surface area contributed by atoms with E-state index in [1.165, 1.54) is 47.7 Å². The first-order valence-corrected chi connectivity index (χ1v) is 19.4. The van der Waals surface area contributed by atoms with Crippen LogP contribution in [0.25, 0.3) is 32.3 Å². The minimum atomic E-state index is -2.73. The van der Waals surface area contributed by atoms with E-state index in [9.17, 15) is 10.5 Å². The van der Waals surface area contributed by atoms with Crippen molar-refractivity contribution in [2.45, 2.75) is 0 Å². The summed E-state index contributed by atoms with van der Waals surface area (Å²) in [6, 6.07) is 71.4. The monoisotopic (exact) mass is 677 g/mol. The molecule has 0 spiro atoms. The van der Waals surface area contributed by atoms with Crippen molar-refractivity contribution in [1.82, 2.24) is 0 Å². The highest BCUT2D eigenvalue weighted by Crippen LogP contribution is 2.44. The summed E-state index contributed by atoms with van der Waals surface area (Å²) in [5.41, 5.74) is 3.49. The Morgan fingerprint density at radius 2 is 0.865 bits per heavy atom. The molecule has 0 saturated carbocycles. The van der Waals surface area contributed by atoms with E-state index >= 15 is 0 Å². The molecule has 0 amide bonds. The SMILES string of the molecule is N#Cc1ccc(N(c2ccc([Si](c3ccccc3)(c3ccccc3)c3ccccc3)cc2)c2ccc3ccc4cccc5ccc2c3c45)cc1C#N. The molecule has 0 atom stereocenters. The third kappa shape index (κ3) is 4.86. The molecule has 0 bridgehead atoms. The predicted molar refractivity (Wildman–Crippen MR) is 218 cm³/mol. The Labute approximate surface area is 303 Å². The van der Waals surface area contributed by atoms with Gasteiger partial charge >= 0.3 is 0 Å². The van der Waals surface area contributed by atoms with Gasteiger partial charge in [-0.2, -0.15) is 10.5 Å². The predicted octanol–water partition coefficient (Wildman–Crippen LogP) is 9.17. The molecule has 52 heavy (non-hydrogen) atoms. The van der Waals surface area contributed by atoms with E-state index in [0.717, 1.165) is 22.4 Å². The van der Waals surface area contributed by atoms with Gasteiger partial charge in [-0.1, -0.05) is 152 Å². The van der Waals surface area contributed by atoms with Crippen molar-refractivity contribution in [2.24, 2.45) is 0 Å². The lowest BCUT2D eigenvalue weighted by Gasteiger charge is -2.35. The summed E-state index contributed by atoms with van der Waals surface area (Å²) in [5, 5.41) is 32.3. The summed E-state index contributed by atoms with van der Waals surface area (Å²) >= 11 is 0. The Balaban J connectivity index is 1.30. The molecular formula is C48H31N3Si. The largest absolute Gasteiger partial charge is 0.310 e. The van der Waals surface area contributed by atoms with Gasteiger partial charge in [-0.05, 0) is 84.1 Å². The van der Waals surface area contributed by atoms with Crippen LogP contribution in [0, 0.1) is 22.7 Å². The number of hydrogen-bond donors (Lipinski definition) is 0. The zero-order valence-corrected chi connectivity index (χ0v) is 29.2. The normalized spacial score (nSPS) is 11.4. The maximum atomic E-state index is 10.1. The van der Waals surface area contributed by atoms with Crippen LogP contribution in [0.2, 0.25) is 0 Å². The smallest absolute Gasteiger partial charge is 0.179 e. The highest BCUT2D eigenvalue weighted by atomic mass is 28.3. The van der Waals surface area contributed by atoms with Crippen molar-refractivity contribution in [3.8, 4) is 12.1 Å². The van der Waals surface area contributed by atoms with Crippen molar-refractivity contribution in [3.05, 3.63) is 199 Å². The molecule has 0 N–H and O–H groups in total. The third-order valence-electron chi connectivity index (χ3n) is 10.4.